The minimum absolute atomic E-state index is 0.316. The first-order valence-electron chi connectivity index (χ1n) is 8.86. The molecule has 0 aromatic heterocycles. The first kappa shape index (κ1) is 22.2. The molecule has 0 aliphatic rings. The second-order valence-electron chi connectivity index (χ2n) is 6.10. The minimum atomic E-state index is -1.23. The normalized spacial score (nSPS) is 16.5. The maximum atomic E-state index is 6.68. The third-order valence-corrected chi connectivity index (χ3v) is 5.45. The van der Waals surface area contributed by atoms with E-state index in [0.29, 0.717) is 5.92 Å². The van der Waals surface area contributed by atoms with Gasteiger partial charge in [-0.05, 0) is 18.8 Å². The Hall–Kier alpha value is 0.170. The first-order valence-corrected chi connectivity index (χ1v) is 9.23. The van der Waals surface area contributed by atoms with Crippen LogP contribution in [0.4, 0.5) is 0 Å². The van der Waals surface area contributed by atoms with Gasteiger partial charge >= 0.3 is 0 Å². The van der Waals surface area contributed by atoms with Gasteiger partial charge in [0.2, 0.25) is 0 Å². The second-order valence-corrected chi connectivity index (χ2v) is 6.59. The highest BCUT2D eigenvalue weighted by atomic mass is 35.5. The molecule has 22 heavy (non-hydrogen) atoms. The molecule has 0 radical (unpaired) electrons. The lowest BCUT2D eigenvalue weighted by molar-refractivity contribution is -0.279. The van der Waals surface area contributed by atoms with Crippen LogP contribution in [-0.4, -0.2) is 32.2 Å². The maximum Gasteiger partial charge on any atom is 0.278 e. The van der Waals surface area contributed by atoms with E-state index in [-0.39, 0.29) is 0 Å². The van der Waals surface area contributed by atoms with E-state index in [1.807, 2.05) is 0 Å². The van der Waals surface area contributed by atoms with E-state index >= 15 is 0 Å². The lowest BCUT2D eigenvalue weighted by atomic mass is 9.77. The third-order valence-electron chi connectivity index (χ3n) is 4.82. The van der Waals surface area contributed by atoms with Crippen LogP contribution in [0.3, 0.4) is 0 Å². The molecule has 0 aromatic carbocycles. The van der Waals surface area contributed by atoms with Crippen LogP contribution in [-0.2, 0) is 14.2 Å². The van der Waals surface area contributed by atoms with Gasteiger partial charge in [-0.3, -0.25) is 0 Å². The Morgan fingerprint density at radius 3 is 1.82 bits per heavy atom. The van der Waals surface area contributed by atoms with Gasteiger partial charge < -0.3 is 14.2 Å². The highest BCUT2D eigenvalue weighted by molar-refractivity contribution is 6.22. The number of methoxy groups -OCH3 is 3. The molecule has 2 unspecified atom stereocenters. The molecule has 2 atom stereocenters. The first-order chi connectivity index (χ1) is 10.5. The Kier molecular flexibility index (Phi) is 11.8. The number of alkyl halides is 1. The number of hydrogen-bond donors (Lipinski definition) is 0. The molecule has 0 spiro atoms. The number of ether oxygens (including phenoxy) is 3. The molecule has 0 aliphatic heterocycles. The van der Waals surface area contributed by atoms with Crippen molar-refractivity contribution in [3.63, 3.8) is 0 Å². The molecule has 0 amide bonds. The Morgan fingerprint density at radius 2 is 1.41 bits per heavy atom. The number of unbranched alkanes of at least 4 members (excludes halogenated alkanes) is 4. The Bertz CT molecular complexity index is 269. The predicted octanol–water partition coefficient (Wildman–Crippen LogP) is 5.74. The van der Waals surface area contributed by atoms with Crippen LogP contribution in [0.15, 0.2) is 0 Å². The maximum absolute atomic E-state index is 6.68. The fraction of sp³-hybridized carbons (Fsp3) is 1.00. The summed E-state index contributed by atoms with van der Waals surface area (Å²) in [5, 5.41) is -1.23. The average molecular weight is 337 g/mol. The smallest absolute Gasteiger partial charge is 0.278 e. The molecule has 0 aromatic rings. The van der Waals surface area contributed by atoms with Gasteiger partial charge in [0.15, 0.2) is 0 Å². The molecule has 0 fully saturated rings. The van der Waals surface area contributed by atoms with Gasteiger partial charge in [0, 0.05) is 21.3 Å². The molecule has 0 bridgehead atoms. The highest BCUT2D eigenvalue weighted by Crippen LogP contribution is 2.46. The zero-order valence-corrected chi connectivity index (χ0v) is 16.3. The molecular weight excluding hydrogens is 300 g/mol. The Morgan fingerprint density at radius 1 is 0.818 bits per heavy atom. The van der Waals surface area contributed by atoms with Crippen LogP contribution in [0.25, 0.3) is 0 Å². The Balaban J connectivity index is 5.09. The second kappa shape index (κ2) is 11.7. The van der Waals surface area contributed by atoms with Crippen molar-refractivity contribution >= 4 is 11.6 Å². The number of hydrogen-bond acceptors (Lipinski definition) is 3. The SMILES string of the molecule is CCCCCCCC(CC)C(CCC)(OC)C(Cl)(OC)OC. The molecule has 4 heteroatoms. The van der Waals surface area contributed by atoms with E-state index in [4.69, 9.17) is 25.8 Å². The van der Waals surface area contributed by atoms with Crippen LogP contribution < -0.4 is 0 Å². The van der Waals surface area contributed by atoms with E-state index in [2.05, 4.69) is 20.8 Å². The van der Waals surface area contributed by atoms with Gasteiger partial charge in [0.25, 0.3) is 5.25 Å². The monoisotopic (exact) mass is 336 g/mol. The zero-order valence-electron chi connectivity index (χ0n) is 15.5. The van der Waals surface area contributed by atoms with Crippen molar-refractivity contribution in [2.24, 2.45) is 5.92 Å². The summed E-state index contributed by atoms with van der Waals surface area (Å²) in [4.78, 5) is 0. The minimum Gasteiger partial charge on any atom is -0.371 e. The molecule has 3 nitrogen and oxygen atoms in total. The molecule has 0 rings (SSSR count). The van der Waals surface area contributed by atoms with Gasteiger partial charge in [-0.15, -0.1) is 0 Å². The largest absolute Gasteiger partial charge is 0.371 e. The van der Waals surface area contributed by atoms with E-state index in [0.717, 1.165) is 25.7 Å². The van der Waals surface area contributed by atoms with E-state index in [1.54, 1.807) is 21.3 Å². The summed E-state index contributed by atoms with van der Waals surface area (Å²) < 4.78 is 17.1. The van der Waals surface area contributed by atoms with Gasteiger partial charge in [0.05, 0.1) is 0 Å². The van der Waals surface area contributed by atoms with Gasteiger partial charge in [-0.1, -0.05) is 77.3 Å². The van der Waals surface area contributed by atoms with Crippen molar-refractivity contribution in [2.45, 2.75) is 89.4 Å². The fourth-order valence-electron chi connectivity index (χ4n) is 3.55. The summed E-state index contributed by atoms with van der Waals surface area (Å²) in [5.74, 6) is 0.316. The fourth-order valence-corrected chi connectivity index (χ4v) is 3.88. The average Bonchev–Trinajstić information content (AvgIpc) is 2.55. The van der Waals surface area contributed by atoms with Crippen molar-refractivity contribution in [2.75, 3.05) is 21.3 Å². The summed E-state index contributed by atoms with van der Waals surface area (Å²) in [6.45, 7) is 6.58. The van der Waals surface area contributed by atoms with Crippen molar-refractivity contribution in [3.05, 3.63) is 0 Å². The van der Waals surface area contributed by atoms with Crippen LogP contribution in [0.5, 0.6) is 0 Å². The quantitative estimate of drug-likeness (QED) is 0.230. The van der Waals surface area contributed by atoms with Crippen LogP contribution >= 0.6 is 11.6 Å². The van der Waals surface area contributed by atoms with Crippen LogP contribution in [0.1, 0.15) is 78.6 Å². The van der Waals surface area contributed by atoms with Crippen LogP contribution in [0, 0.1) is 5.92 Å². The van der Waals surface area contributed by atoms with Crippen molar-refractivity contribution in [3.8, 4) is 0 Å². The standard InChI is InChI=1S/C18H37ClO3/c1-7-10-11-12-13-14-16(9-3)17(20-4,15-8-2)18(19,21-5)22-6/h16H,7-15H2,1-6H3. The summed E-state index contributed by atoms with van der Waals surface area (Å²) in [7, 11) is 4.91. The van der Waals surface area contributed by atoms with Crippen molar-refractivity contribution < 1.29 is 14.2 Å². The summed E-state index contributed by atoms with van der Waals surface area (Å²) >= 11 is 6.68. The van der Waals surface area contributed by atoms with Gasteiger partial charge in [-0.2, -0.15) is 0 Å². The van der Waals surface area contributed by atoms with E-state index in [1.165, 1.54) is 32.1 Å². The molecule has 0 saturated carbocycles. The predicted molar refractivity (Wildman–Crippen MR) is 94.4 cm³/mol. The van der Waals surface area contributed by atoms with E-state index < -0.39 is 10.8 Å². The Labute approximate surface area is 143 Å². The zero-order chi connectivity index (χ0) is 17.1. The summed E-state index contributed by atoms with van der Waals surface area (Å²) in [6.07, 6.45) is 10.3. The van der Waals surface area contributed by atoms with Gasteiger partial charge in [-0.25, -0.2) is 0 Å². The third kappa shape index (κ3) is 5.36. The summed E-state index contributed by atoms with van der Waals surface area (Å²) in [5.41, 5.74) is -0.619. The van der Waals surface area contributed by atoms with Crippen molar-refractivity contribution in [1.29, 1.82) is 0 Å². The van der Waals surface area contributed by atoms with Crippen LogP contribution in [0.2, 0.25) is 0 Å². The van der Waals surface area contributed by atoms with Crippen molar-refractivity contribution in [1.82, 2.24) is 0 Å². The number of rotatable bonds is 14. The molecular formula is C18H37ClO3. The molecule has 0 saturated heterocycles. The topological polar surface area (TPSA) is 27.7 Å². The molecule has 0 heterocycles. The highest BCUT2D eigenvalue weighted by Gasteiger charge is 2.56. The lowest BCUT2D eigenvalue weighted by Gasteiger charge is -2.48. The van der Waals surface area contributed by atoms with E-state index in [9.17, 15) is 0 Å². The molecule has 0 N–H and O–H groups in total. The number of halogens is 1. The summed E-state index contributed by atoms with van der Waals surface area (Å²) in [6, 6.07) is 0. The molecule has 0 aliphatic carbocycles. The van der Waals surface area contributed by atoms with Gasteiger partial charge in [0.1, 0.15) is 5.60 Å². The molecule has 134 valence electrons. The lowest BCUT2D eigenvalue weighted by Crippen LogP contribution is -2.58.